The predicted molar refractivity (Wildman–Crippen MR) is 123 cm³/mol. The summed E-state index contributed by atoms with van der Waals surface area (Å²) in [5.41, 5.74) is 2.32. The fourth-order valence-electron chi connectivity index (χ4n) is 4.44. The van der Waals surface area contributed by atoms with E-state index in [-0.39, 0.29) is 29.3 Å². The first-order valence-corrected chi connectivity index (χ1v) is 12.6. The van der Waals surface area contributed by atoms with Gasteiger partial charge in [0.1, 0.15) is 0 Å². The molecule has 1 aromatic heterocycles. The molecule has 0 N–H and O–H groups in total. The second-order valence-electron chi connectivity index (χ2n) is 8.63. The molecule has 1 aliphatic heterocycles. The number of hydrogen-bond donors (Lipinski definition) is 0. The standard InChI is InChI=1S/C24H27F2N3O4S/c1-15-8-9-21(16(2)14-15)34(31,32)28-12-10-18(11-13-28)23(30)33-17(3)22-27-19-6-4-5-7-20(19)29(22)24(25)26/h4-9,14,17-18,24H,10-13H2,1-3H3. The van der Waals surface area contributed by atoms with E-state index >= 15 is 0 Å². The van der Waals surface area contributed by atoms with Crippen molar-refractivity contribution in [3.8, 4) is 0 Å². The average Bonchev–Trinajstić information content (AvgIpc) is 3.19. The van der Waals surface area contributed by atoms with Gasteiger partial charge in [-0.3, -0.25) is 9.36 Å². The lowest BCUT2D eigenvalue weighted by atomic mass is 9.98. The monoisotopic (exact) mass is 491 g/mol. The first-order valence-electron chi connectivity index (χ1n) is 11.1. The number of imidazole rings is 1. The third-order valence-electron chi connectivity index (χ3n) is 6.21. The summed E-state index contributed by atoms with van der Waals surface area (Å²) in [6, 6.07) is 11.7. The molecular formula is C24H27F2N3O4S. The van der Waals surface area contributed by atoms with Gasteiger partial charge in [0.15, 0.2) is 11.9 Å². The van der Waals surface area contributed by atoms with Crippen molar-refractivity contribution in [3.05, 3.63) is 59.4 Å². The van der Waals surface area contributed by atoms with Gasteiger partial charge in [-0.1, -0.05) is 29.8 Å². The summed E-state index contributed by atoms with van der Waals surface area (Å²) in [5, 5.41) is 0. The maximum atomic E-state index is 13.7. The highest BCUT2D eigenvalue weighted by Crippen LogP contribution is 2.31. The van der Waals surface area contributed by atoms with Gasteiger partial charge in [-0.05, 0) is 57.4 Å². The fraction of sp³-hybridized carbons (Fsp3) is 0.417. The largest absolute Gasteiger partial charge is 0.454 e. The van der Waals surface area contributed by atoms with E-state index in [1.165, 1.54) is 11.2 Å². The quantitative estimate of drug-likeness (QED) is 0.465. The molecule has 1 unspecified atom stereocenters. The minimum absolute atomic E-state index is 0.0283. The molecule has 0 bridgehead atoms. The van der Waals surface area contributed by atoms with Gasteiger partial charge in [-0.25, -0.2) is 13.4 Å². The number of hydrogen-bond acceptors (Lipinski definition) is 5. The number of sulfonamides is 1. The van der Waals surface area contributed by atoms with Crippen LogP contribution in [0, 0.1) is 19.8 Å². The Bertz CT molecular complexity index is 1310. The zero-order chi connectivity index (χ0) is 24.6. The molecule has 10 heteroatoms. The Kier molecular flexibility index (Phi) is 6.73. The van der Waals surface area contributed by atoms with Crippen LogP contribution < -0.4 is 0 Å². The summed E-state index contributed by atoms with van der Waals surface area (Å²) in [5.74, 6) is -1.08. The average molecular weight is 492 g/mol. The fourth-order valence-corrected chi connectivity index (χ4v) is 6.11. The van der Waals surface area contributed by atoms with Crippen LogP contribution in [0.15, 0.2) is 47.4 Å². The van der Waals surface area contributed by atoms with Gasteiger partial charge in [-0.2, -0.15) is 13.1 Å². The Morgan fingerprint density at radius 2 is 1.79 bits per heavy atom. The third-order valence-corrected chi connectivity index (χ3v) is 8.27. The number of benzene rings is 2. The number of rotatable bonds is 6. The van der Waals surface area contributed by atoms with Crippen LogP contribution in [0.1, 0.15) is 49.4 Å². The topological polar surface area (TPSA) is 81.5 Å². The van der Waals surface area contributed by atoms with E-state index in [2.05, 4.69) is 4.98 Å². The molecule has 1 atom stereocenters. The van der Waals surface area contributed by atoms with Crippen LogP contribution in [-0.4, -0.2) is 41.3 Å². The lowest BCUT2D eigenvalue weighted by molar-refractivity contribution is -0.155. The summed E-state index contributed by atoms with van der Waals surface area (Å²) >= 11 is 0. The first-order chi connectivity index (χ1) is 16.1. The Labute approximate surface area is 197 Å². The second-order valence-corrected chi connectivity index (χ2v) is 10.5. The van der Waals surface area contributed by atoms with Gasteiger partial charge in [0.05, 0.1) is 21.8 Å². The highest BCUT2D eigenvalue weighted by atomic mass is 32.2. The molecule has 0 saturated carbocycles. The summed E-state index contributed by atoms with van der Waals surface area (Å²) in [6.45, 7) is 2.70. The third kappa shape index (κ3) is 4.56. The molecule has 182 valence electrons. The maximum absolute atomic E-state index is 13.7. The highest BCUT2D eigenvalue weighted by molar-refractivity contribution is 7.89. The zero-order valence-corrected chi connectivity index (χ0v) is 20.1. The van der Waals surface area contributed by atoms with E-state index in [1.807, 2.05) is 13.0 Å². The molecule has 1 aliphatic rings. The van der Waals surface area contributed by atoms with Gasteiger partial charge >= 0.3 is 12.5 Å². The molecule has 7 nitrogen and oxygen atoms in total. The molecule has 0 amide bonds. The van der Waals surface area contributed by atoms with E-state index in [0.717, 1.165) is 10.1 Å². The predicted octanol–water partition coefficient (Wildman–Crippen LogP) is 4.75. The van der Waals surface area contributed by atoms with Crippen LogP contribution in [0.4, 0.5) is 8.78 Å². The van der Waals surface area contributed by atoms with Crippen molar-refractivity contribution in [2.75, 3.05) is 13.1 Å². The van der Waals surface area contributed by atoms with Crippen LogP contribution in [0.5, 0.6) is 0 Å². The number of halogens is 2. The molecular weight excluding hydrogens is 464 g/mol. The van der Waals surface area contributed by atoms with Crippen molar-refractivity contribution in [1.82, 2.24) is 13.9 Å². The van der Waals surface area contributed by atoms with E-state index in [0.29, 0.717) is 23.9 Å². The molecule has 0 aliphatic carbocycles. The molecule has 3 aromatic rings. The lowest BCUT2D eigenvalue weighted by Gasteiger charge is -2.31. The molecule has 0 radical (unpaired) electrons. The molecule has 4 rings (SSSR count). The van der Waals surface area contributed by atoms with Crippen molar-refractivity contribution in [2.24, 2.45) is 5.92 Å². The number of aromatic nitrogens is 2. The van der Waals surface area contributed by atoms with Crippen LogP contribution >= 0.6 is 0 Å². The molecule has 1 fully saturated rings. The number of ether oxygens (including phenoxy) is 1. The molecule has 2 aromatic carbocycles. The van der Waals surface area contributed by atoms with Crippen molar-refractivity contribution in [2.45, 2.75) is 51.2 Å². The zero-order valence-electron chi connectivity index (χ0n) is 19.2. The van der Waals surface area contributed by atoms with E-state index in [1.54, 1.807) is 43.3 Å². The first kappa shape index (κ1) is 24.3. The summed E-state index contributed by atoms with van der Waals surface area (Å²) < 4.78 is 61.2. The highest BCUT2D eigenvalue weighted by Gasteiger charge is 2.34. The summed E-state index contributed by atoms with van der Waals surface area (Å²) in [6.07, 6.45) is -0.395. The normalized spacial score (nSPS) is 16.8. The second kappa shape index (κ2) is 9.42. The minimum atomic E-state index is -3.67. The lowest BCUT2D eigenvalue weighted by Crippen LogP contribution is -2.41. The number of aryl methyl sites for hydroxylation is 2. The number of piperidine rings is 1. The number of para-hydroxylation sites is 2. The smallest absolute Gasteiger partial charge is 0.320 e. The number of carbonyl (C=O) groups is 1. The van der Waals surface area contributed by atoms with E-state index in [9.17, 15) is 22.0 Å². The van der Waals surface area contributed by atoms with E-state index < -0.39 is 34.6 Å². The maximum Gasteiger partial charge on any atom is 0.320 e. The van der Waals surface area contributed by atoms with Gasteiger partial charge < -0.3 is 4.74 Å². The minimum Gasteiger partial charge on any atom is -0.454 e. The number of esters is 1. The van der Waals surface area contributed by atoms with E-state index in [4.69, 9.17) is 4.74 Å². The molecule has 1 saturated heterocycles. The number of fused-ring (bicyclic) bond motifs is 1. The van der Waals surface area contributed by atoms with Gasteiger partial charge in [0, 0.05) is 13.1 Å². The Morgan fingerprint density at radius 1 is 1.12 bits per heavy atom. The van der Waals surface area contributed by atoms with Crippen LogP contribution in [0.25, 0.3) is 11.0 Å². The van der Waals surface area contributed by atoms with Crippen LogP contribution in [0.3, 0.4) is 0 Å². The van der Waals surface area contributed by atoms with Crippen molar-refractivity contribution >= 4 is 27.0 Å². The number of alkyl halides is 2. The van der Waals surface area contributed by atoms with Gasteiger partial charge in [-0.15, -0.1) is 0 Å². The molecule has 0 spiro atoms. The molecule has 34 heavy (non-hydrogen) atoms. The van der Waals surface area contributed by atoms with Crippen molar-refractivity contribution in [3.63, 3.8) is 0 Å². The number of nitrogens with zero attached hydrogens (tertiary/aromatic N) is 3. The van der Waals surface area contributed by atoms with Crippen LogP contribution in [-0.2, 0) is 19.6 Å². The van der Waals surface area contributed by atoms with Gasteiger partial charge in [0.2, 0.25) is 10.0 Å². The summed E-state index contributed by atoms with van der Waals surface area (Å²) in [7, 11) is -3.67. The summed E-state index contributed by atoms with van der Waals surface area (Å²) in [4.78, 5) is 17.3. The Morgan fingerprint density at radius 3 is 2.44 bits per heavy atom. The van der Waals surface area contributed by atoms with Crippen molar-refractivity contribution in [1.29, 1.82) is 0 Å². The SMILES string of the molecule is Cc1ccc(S(=O)(=O)N2CCC(C(=O)OC(C)c3nc4ccccc4n3C(F)F)CC2)c(C)c1. The Hall–Kier alpha value is -2.85. The van der Waals surface area contributed by atoms with Gasteiger partial charge in [0.25, 0.3) is 0 Å². The number of carbonyl (C=O) groups excluding carboxylic acids is 1. The van der Waals surface area contributed by atoms with Crippen molar-refractivity contribution < 1.29 is 26.7 Å². The molecule has 2 heterocycles. The Balaban J connectivity index is 1.43. The van der Waals surface area contributed by atoms with Crippen LogP contribution in [0.2, 0.25) is 0 Å².